The van der Waals surface area contributed by atoms with Crippen LogP contribution < -0.4 is 5.32 Å². The lowest BCUT2D eigenvalue weighted by Gasteiger charge is -2.32. The van der Waals surface area contributed by atoms with Crippen molar-refractivity contribution in [1.82, 2.24) is 24.8 Å². The number of aryl methyl sites for hydroxylation is 2. The van der Waals surface area contributed by atoms with Gasteiger partial charge in [0.05, 0.1) is 7.11 Å². The van der Waals surface area contributed by atoms with Crippen LogP contribution in [0, 0.1) is 0 Å². The number of methoxy groups -OCH3 is 1. The Labute approximate surface area is 221 Å². The van der Waals surface area contributed by atoms with E-state index in [1.165, 1.54) is 12.7 Å². The lowest BCUT2D eigenvalue weighted by Crippen LogP contribution is -2.43. The van der Waals surface area contributed by atoms with E-state index in [9.17, 15) is 9.59 Å². The molecule has 2 N–H and O–H groups in total. The van der Waals surface area contributed by atoms with E-state index in [1.807, 2.05) is 42.5 Å². The number of aromatic amines is 1. The summed E-state index contributed by atoms with van der Waals surface area (Å²) < 4.78 is 4.77. The second kappa shape index (κ2) is 11.5. The average molecular weight is 513 g/mol. The second-order valence-corrected chi connectivity index (χ2v) is 9.70. The molecule has 1 saturated heterocycles. The summed E-state index contributed by atoms with van der Waals surface area (Å²) in [7, 11) is 3.50. The summed E-state index contributed by atoms with van der Waals surface area (Å²) in [5.74, 6) is -0.0746. The number of likely N-dealkylation sites (N-methyl/N-ethyl adjacent to an activating group) is 1. The number of anilines is 1. The van der Waals surface area contributed by atoms with Gasteiger partial charge in [-0.2, -0.15) is 0 Å². The van der Waals surface area contributed by atoms with Gasteiger partial charge in [0, 0.05) is 55.6 Å². The number of benzene rings is 1. The van der Waals surface area contributed by atoms with Crippen LogP contribution in [0.1, 0.15) is 37.7 Å². The Hall–Kier alpha value is -4.08. The largest absolute Gasteiger partial charge is 0.464 e. The van der Waals surface area contributed by atoms with Crippen LogP contribution in [0.4, 0.5) is 5.82 Å². The van der Waals surface area contributed by atoms with Crippen molar-refractivity contribution in [2.75, 3.05) is 45.7 Å². The van der Waals surface area contributed by atoms with Gasteiger partial charge in [0.1, 0.15) is 17.2 Å². The van der Waals surface area contributed by atoms with Crippen molar-refractivity contribution in [2.24, 2.45) is 0 Å². The molecule has 1 fully saturated rings. The molecule has 0 bridgehead atoms. The van der Waals surface area contributed by atoms with Gasteiger partial charge in [-0.25, -0.2) is 14.8 Å². The maximum Gasteiger partial charge on any atom is 0.354 e. The Morgan fingerprint density at radius 3 is 2.55 bits per heavy atom. The molecule has 5 rings (SSSR count). The number of ether oxygens (including phenoxy) is 1. The third-order valence-electron chi connectivity index (χ3n) is 6.87. The summed E-state index contributed by atoms with van der Waals surface area (Å²) in [6, 6.07) is 17.2. The van der Waals surface area contributed by atoms with Crippen LogP contribution >= 0.6 is 0 Å². The molecular formula is C29H32N6O3. The van der Waals surface area contributed by atoms with E-state index in [0.29, 0.717) is 29.1 Å². The quantitative estimate of drug-likeness (QED) is 0.348. The average Bonchev–Trinajstić information content (AvgIpc) is 3.37. The van der Waals surface area contributed by atoms with Crippen molar-refractivity contribution in [3.8, 4) is 0 Å². The van der Waals surface area contributed by atoms with E-state index in [0.717, 1.165) is 55.8 Å². The number of fused-ring (bicyclic) bond motifs is 1. The van der Waals surface area contributed by atoms with Gasteiger partial charge in [0.2, 0.25) is 0 Å². The zero-order valence-corrected chi connectivity index (χ0v) is 21.7. The number of H-pyrrole nitrogens is 1. The van der Waals surface area contributed by atoms with Gasteiger partial charge in [-0.05, 0) is 67.4 Å². The van der Waals surface area contributed by atoms with Crippen molar-refractivity contribution < 1.29 is 14.3 Å². The summed E-state index contributed by atoms with van der Waals surface area (Å²) in [6.45, 7) is 5.20. The van der Waals surface area contributed by atoms with E-state index in [2.05, 4.69) is 37.1 Å². The number of esters is 1. The highest BCUT2D eigenvalue weighted by Crippen LogP contribution is 2.17. The fraction of sp³-hybridized carbons (Fsp3) is 0.310. The summed E-state index contributed by atoms with van der Waals surface area (Å²) in [5, 5.41) is 3.77. The molecule has 0 unspecified atom stereocenters. The van der Waals surface area contributed by atoms with Crippen LogP contribution in [-0.4, -0.2) is 77.0 Å². The standard InChI is InChI=1S/C29H32N6O3/c1-34-12-14-35(15-13-34)19-20-6-9-22(10-7-20)28(36)33-26-5-3-4-24(31-26)11-8-21-16-23-17-25(29(37)38-2)32-27(23)30-18-21/h3-7,9-10,16-18H,8,11-15,19H2,1-2H3,(H,30,32)(H,31,33,36). The van der Waals surface area contributed by atoms with Crippen LogP contribution in [0.3, 0.4) is 0 Å². The molecule has 9 heteroatoms. The molecule has 1 amide bonds. The molecule has 38 heavy (non-hydrogen) atoms. The first-order valence-electron chi connectivity index (χ1n) is 12.8. The molecule has 0 atom stereocenters. The predicted octanol–water partition coefficient (Wildman–Crippen LogP) is 3.53. The first kappa shape index (κ1) is 25.6. The number of nitrogens with one attached hydrogen (secondary N) is 2. The number of nitrogens with zero attached hydrogens (tertiary/aromatic N) is 4. The Morgan fingerprint density at radius 2 is 1.79 bits per heavy atom. The summed E-state index contributed by atoms with van der Waals surface area (Å²) in [5.41, 5.74) is 4.73. The highest BCUT2D eigenvalue weighted by molar-refractivity contribution is 6.03. The van der Waals surface area contributed by atoms with E-state index in [4.69, 9.17) is 4.74 Å². The van der Waals surface area contributed by atoms with Crippen molar-refractivity contribution in [3.05, 3.63) is 88.9 Å². The van der Waals surface area contributed by atoms with E-state index in [-0.39, 0.29) is 5.91 Å². The molecule has 9 nitrogen and oxygen atoms in total. The second-order valence-electron chi connectivity index (χ2n) is 9.70. The topological polar surface area (TPSA) is 103 Å². The number of carbonyl (C=O) groups excluding carboxylic acids is 2. The first-order valence-corrected chi connectivity index (χ1v) is 12.8. The zero-order chi connectivity index (χ0) is 26.5. The Balaban J connectivity index is 1.16. The third kappa shape index (κ3) is 6.24. The molecule has 4 heterocycles. The van der Waals surface area contributed by atoms with E-state index < -0.39 is 5.97 Å². The summed E-state index contributed by atoms with van der Waals surface area (Å²) in [4.78, 5) is 41.4. The number of carbonyl (C=O) groups is 2. The fourth-order valence-corrected chi connectivity index (χ4v) is 4.59. The minimum absolute atomic E-state index is 0.177. The summed E-state index contributed by atoms with van der Waals surface area (Å²) >= 11 is 0. The molecule has 3 aromatic heterocycles. The van der Waals surface area contributed by atoms with Gasteiger partial charge in [0.15, 0.2) is 0 Å². The van der Waals surface area contributed by atoms with Crippen LogP contribution in [0.25, 0.3) is 11.0 Å². The van der Waals surface area contributed by atoms with Crippen LogP contribution in [0.5, 0.6) is 0 Å². The molecule has 0 spiro atoms. The van der Waals surface area contributed by atoms with Gasteiger partial charge < -0.3 is 19.9 Å². The minimum atomic E-state index is -0.422. The molecule has 0 saturated carbocycles. The van der Waals surface area contributed by atoms with Crippen molar-refractivity contribution in [1.29, 1.82) is 0 Å². The maximum absolute atomic E-state index is 12.8. The Bertz CT molecular complexity index is 1420. The van der Waals surface area contributed by atoms with E-state index >= 15 is 0 Å². The lowest BCUT2D eigenvalue weighted by molar-refractivity contribution is 0.0595. The molecule has 0 aliphatic carbocycles. The molecular weight excluding hydrogens is 480 g/mol. The highest BCUT2D eigenvalue weighted by Gasteiger charge is 2.15. The molecule has 4 aromatic rings. The van der Waals surface area contributed by atoms with Crippen LogP contribution in [-0.2, 0) is 24.1 Å². The number of hydrogen-bond donors (Lipinski definition) is 2. The number of rotatable bonds is 8. The molecule has 196 valence electrons. The van der Waals surface area contributed by atoms with Gasteiger partial charge in [-0.15, -0.1) is 0 Å². The van der Waals surface area contributed by atoms with Crippen molar-refractivity contribution in [3.63, 3.8) is 0 Å². The van der Waals surface area contributed by atoms with E-state index in [1.54, 1.807) is 18.3 Å². The lowest BCUT2D eigenvalue weighted by atomic mass is 10.1. The van der Waals surface area contributed by atoms with Gasteiger partial charge in [-0.1, -0.05) is 18.2 Å². The van der Waals surface area contributed by atoms with Crippen molar-refractivity contribution >= 4 is 28.7 Å². The molecule has 1 aromatic carbocycles. The molecule has 1 aliphatic heterocycles. The number of pyridine rings is 2. The normalized spacial score (nSPS) is 14.5. The monoisotopic (exact) mass is 512 g/mol. The van der Waals surface area contributed by atoms with Crippen LogP contribution in [0.2, 0.25) is 0 Å². The van der Waals surface area contributed by atoms with Gasteiger partial charge in [0.25, 0.3) is 5.91 Å². The number of aromatic nitrogens is 3. The Kier molecular flexibility index (Phi) is 7.76. The summed E-state index contributed by atoms with van der Waals surface area (Å²) in [6.07, 6.45) is 3.20. The van der Waals surface area contributed by atoms with Gasteiger partial charge in [-0.3, -0.25) is 9.69 Å². The molecule has 1 aliphatic rings. The minimum Gasteiger partial charge on any atom is -0.464 e. The number of amides is 1. The number of hydrogen-bond acceptors (Lipinski definition) is 7. The Morgan fingerprint density at radius 1 is 1.00 bits per heavy atom. The van der Waals surface area contributed by atoms with Crippen LogP contribution in [0.15, 0.2) is 60.8 Å². The maximum atomic E-state index is 12.8. The SMILES string of the molecule is COC(=O)c1cc2cc(CCc3cccc(NC(=O)c4ccc(CN5CCN(C)CC5)cc4)n3)cnc2[nH]1. The van der Waals surface area contributed by atoms with Crippen molar-refractivity contribution in [2.45, 2.75) is 19.4 Å². The highest BCUT2D eigenvalue weighted by atomic mass is 16.5. The predicted molar refractivity (Wildman–Crippen MR) is 146 cm³/mol. The molecule has 0 radical (unpaired) electrons. The van der Waals surface area contributed by atoms with Gasteiger partial charge >= 0.3 is 5.97 Å². The third-order valence-corrected chi connectivity index (χ3v) is 6.87. The first-order chi connectivity index (χ1) is 18.5. The smallest absolute Gasteiger partial charge is 0.354 e. The zero-order valence-electron chi connectivity index (χ0n) is 21.7. The number of piperazine rings is 1. The fourth-order valence-electron chi connectivity index (χ4n) is 4.59.